The average Bonchev–Trinajstić information content (AvgIpc) is 3.58. The Morgan fingerprint density at radius 2 is 1.33 bits per heavy atom. The molecule has 3 heteroatoms. The third-order valence-corrected chi connectivity index (χ3v) is 10.3. The zero-order valence-electron chi connectivity index (χ0n) is 35.5. The number of rotatable bonds is 12. The van der Waals surface area contributed by atoms with E-state index in [1.165, 1.54) is 50.1 Å². The van der Waals surface area contributed by atoms with Crippen molar-refractivity contribution in [1.82, 2.24) is 0 Å². The van der Waals surface area contributed by atoms with Gasteiger partial charge in [0.1, 0.15) is 5.84 Å². The first-order valence-electron chi connectivity index (χ1n) is 20.5. The summed E-state index contributed by atoms with van der Waals surface area (Å²) < 4.78 is 0. The Kier molecular flexibility index (Phi) is 17.0. The van der Waals surface area contributed by atoms with E-state index in [2.05, 4.69) is 196 Å². The third-order valence-electron chi connectivity index (χ3n) is 10.3. The van der Waals surface area contributed by atoms with Gasteiger partial charge in [0, 0.05) is 5.56 Å². The molecule has 3 nitrogen and oxygen atoms in total. The van der Waals surface area contributed by atoms with Crippen LogP contribution in [0.15, 0.2) is 205 Å². The standard InChI is InChI=1S/C34H35N3.C19H20.C2H6/c1-5-9-17-26(7-3)34(27(8-4)18-10-6-2)30-21-12-11-19-29(30)32-28(20-14-22-31(32)34)24-15-13-16-25(23-24)33(35)37-36;1-3-8-18(4-2)19-13-11-17(12-14-19)15-16-9-6-5-7-10-16;1-2/h5,7-23H,3,6,36H2,1-2,4H3,(H2,35,37);3-14H,15H2,1-2H3;1-2H3/b9-5-,18-10-,26-17+,27-8+;8-3-,18-4+;. The van der Waals surface area contributed by atoms with Gasteiger partial charge in [0.25, 0.3) is 0 Å². The zero-order valence-corrected chi connectivity index (χ0v) is 35.5. The van der Waals surface area contributed by atoms with Crippen molar-refractivity contribution in [2.24, 2.45) is 16.7 Å². The topological polar surface area (TPSA) is 64.4 Å². The number of hydrogen-bond acceptors (Lipinski definition) is 2. The first kappa shape index (κ1) is 44.3. The molecule has 1 unspecified atom stereocenters. The van der Waals surface area contributed by atoms with Crippen LogP contribution in [0.2, 0.25) is 0 Å². The maximum atomic E-state index is 6.07. The molecule has 0 bridgehead atoms. The predicted octanol–water partition coefficient (Wildman–Crippen LogP) is 14.1. The highest BCUT2D eigenvalue weighted by atomic mass is 15.1. The van der Waals surface area contributed by atoms with Gasteiger partial charge in [0.05, 0.1) is 5.41 Å². The molecule has 1 aliphatic rings. The van der Waals surface area contributed by atoms with Crippen molar-refractivity contribution in [3.63, 3.8) is 0 Å². The summed E-state index contributed by atoms with van der Waals surface area (Å²) in [7, 11) is 0. The maximum Gasteiger partial charge on any atom is 0.150 e. The summed E-state index contributed by atoms with van der Waals surface area (Å²) in [6.07, 6.45) is 23.4. The predicted molar refractivity (Wildman–Crippen MR) is 255 cm³/mol. The van der Waals surface area contributed by atoms with Crippen LogP contribution in [0.5, 0.6) is 0 Å². The van der Waals surface area contributed by atoms with Crippen molar-refractivity contribution in [3.05, 3.63) is 233 Å². The molecule has 0 spiro atoms. The molecule has 0 fully saturated rings. The molecule has 5 aromatic rings. The SMILES string of the molecule is C/C=C\C(=C/C)c1ccc(Cc2ccccc2)cc1.C=C/C(=C\C=C/C)C1(C(/C=C\CC)=C/C)c2ccccc2-c2c(-c3cccc(/C(N)=N/N)c3)cccc21.CC. The number of fused-ring (bicyclic) bond motifs is 3. The number of nitrogens with two attached hydrogens (primary N) is 2. The minimum atomic E-state index is -0.501. The van der Waals surface area contributed by atoms with Crippen LogP contribution in [-0.4, -0.2) is 5.84 Å². The smallest absolute Gasteiger partial charge is 0.150 e. The molecule has 6 rings (SSSR count). The summed E-state index contributed by atoms with van der Waals surface area (Å²) in [6.45, 7) is 18.7. The van der Waals surface area contributed by atoms with Crippen molar-refractivity contribution in [2.75, 3.05) is 0 Å². The Morgan fingerprint density at radius 1 is 0.672 bits per heavy atom. The van der Waals surface area contributed by atoms with Gasteiger partial charge in [-0.3, -0.25) is 0 Å². The molecular weight excluding hydrogens is 703 g/mol. The Labute approximate surface area is 349 Å². The molecule has 296 valence electrons. The van der Waals surface area contributed by atoms with Gasteiger partial charge in [-0.25, -0.2) is 0 Å². The second-order valence-electron chi connectivity index (χ2n) is 13.6. The second kappa shape index (κ2) is 22.3. The van der Waals surface area contributed by atoms with Crippen LogP contribution in [0.3, 0.4) is 0 Å². The van der Waals surface area contributed by atoms with E-state index in [1.54, 1.807) is 0 Å². The largest absolute Gasteiger partial charge is 0.382 e. The molecule has 1 aliphatic carbocycles. The van der Waals surface area contributed by atoms with Crippen LogP contribution in [-0.2, 0) is 11.8 Å². The van der Waals surface area contributed by atoms with E-state index in [9.17, 15) is 0 Å². The van der Waals surface area contributed by atoms with Crippen molar-refractivity contribution < 1.29 is 0 Å². The number of hydrazone groups is 1. The second-order valence-corrected chi connectivity index (χ2v) is 13.6. The van der Waals surface area contributed by atoms with Gasteiger partial charge in [0.15, 0.2) is 0 Å². The van der Waals surface area contributed by atoms with Crippen molar-refractivity contribution >= 4 is 11.4 Å². The highest BCUT2D eigenvalue weighted by Gasteiger charge is 2.47. The van der Waals surface area contributed by atoms with Gasteiger partial charge < -0.3 is 11.6 Å². The Hall–Kier alpha value is -6.45. The Balaban J connectivity index is 0.000000297. The van der Waals surface area contributed by atoms with E-state index in [0.29, 0.717) is 5.84 Å². The first-order chi connectivity index (χ1) is 28.4. The fraction of sp³-hybridized carbons (Fsp3) is 0.182. The fourth-order valence-corrected chi connectivity index (χ4v) is 7.69. The highest BCUT2D eigenvalue weighted by molar-refractivity contribution is 6.00. The molecule has 0 radical (unpaired) electrons. The van der Waals surface area contributed by atoms with Crippen LogP contribution < -0.4 is 11.6 Å². The number of allylic oxidation sites excluding steroid dienone is 13. The molecule has 0 saturated carbocycles. The summed E-state index contributed by atoms with van der Waals surface area (Å²) in [5, 5.41) is 3.71. The van der Waals surface area contributed by atoms with Gasteiger partial charge in [0.2, 0.25) is 0 Å². The molecule has 0 aromatic heterocycles. The third kappa shape index (κ3) is 9.73. The van der Waals surface area contributed by atoms with Crippen LogP contribution in [0.25, 0.3) is 27.8 Å². The lowest BCUT2D eigenvalue weighted by Crippen LogP contribution is -2.29. The quantitative estimate of drug-likeness (QED) is 0.0437. The number of nitrogens with zero attached hydrogens (tertiary/aromatic N) is 1. The number of hydrogen-bond donors (Lipinski definition) is 2. The first-order valence-corrected chi connectivity index (χ1v) is 20.5. The number of amidine groups is 1. The van der Waals surface area contributed by atoms with E-state index in [1.807, 2.05) is 45.9 Å². The van der Waals surface area contributed by atoms with E-state index < -0.39 is 5.41 Å². The van der Waals surface area contributed by atoms with Gasteiger partial charge in [-0.05, 0) is 113 Å². The zero-order chi connectivity index (χ0) is 41.9. The molecule has 1 atom stereocenters. The van der Waals surface area contributed by atoms with E-state index in [4.69, 9.17) is 11.6 Å². The molecule has 0 heterocycles. The monoisotopic (exact) mass is 763 g/mol. The normalized spacial score (nSPS) is 15.4. The molecule has 0 aliphatic heterocycles. The Bertz CT molecular complexity index is 2330. The van der Waals surface area contributed by atoms with Gasteiger partial charge in [-0.1, -0.05) is 203 Å². The lowest BCUT2D eigenvalue weighted by molar-refractivity contribution is 0.763. The van der Waals surface area contributed by atoms with E-state index in [-0.39, 0.29) is 0 Å². The highest BCUT2D eigenvalue weighted by Crippen LogP contribution is 2.59. The van der Waals surface area contributed by atoms with Gasteiger partial charge >= 0.3 is 0 Å². The molecule has 58 heavy (non-hydrogen) atoms. The summed E-state index contributed by atoms with van der Waals surface area (Å²) in [6, 6.07) is 42.8. The number of benzene rings is 5. The molecule has 0 amide bonds. The van der Waals surface area contributed by atoms with E-state index >= 15 is 0 Å². The summed E-state index contributed by atoms with van der Waals surface area (Å²) in [4.78, 5) is 0. The lowest BCUT2D eigenvalue weighted by Gasteiger charge is -2.35. The van der Waals surface area contributed by atoms with Crippen LogP contribution >= 0.6 is 0 Å². The fourth-order valence-electron chi connectivity index (χ4n) is 7.69. The van der Waals surface area contributed by atoms with Crippen molar-refractivity contribution in [1.29, 1.82) is 0 Å². The molecule has 5 aromatic carbocycles. The van der Waals surface area contributed by atoms with Crippen LogP contribution in [0.4, 0.5) is 0 Å². The van der Waals surface area contributed by atoms with Crippen molar-refractivity contribution in [2.45, 2.75) is 66.7 Å². The molecule has 0 saturated heterocycles. The summed E-state index contributed by atoms with van der Waals surface area (Å²) >= 11 is 0. The van der Waals surface area contributed by atoms with Crippen molar-refractivity contribution in [3.8, 4) is 22.3 Å². The summed E-state index contributed by atoms with van der Waals surface area (Å²) in [5.41, 5.74) is 21.1. The van der Waals surface area contributed by atoms with Gasteiger partial charge in [-0.2, -0.15) is 5.10 Å². The Morgan fingerprint density at radius 3 is 1.97 bits per heavy atom. The molecular formula is C55H61N3. The minimum absolute atomic E-state index is 0.313. The van der Waals surface area contributed by atoms with Crippen LogP contribution in [0, 0.1) is 0 Å². The lowest BCUT2D eigenvalue weighted by atomic mass is 9.66. The summed E-state index contributed by atoms with van der Waals surface area (Å²) in [5.74, 6) is 5.80. The van der Waals surface area contributed by atoms with E-state index in [0.717, 1.165) is 35.1 Å². The average molecular weight is 764 g/mol. The molecule has 4 N–H and O–H groups in total. The van der Waals surface area contributed by atoms with Crippen LogP contribution in [0.1, 0.15) is 88.3 Å². The maximum absolute atomic E-state index is 6.07. The minimum Gasteiger partial charge on any atom is -0.382 e. The van der Waals surface area contributed by atoms with Gasteiger partial charge in [-0.15, -0.1) is 0 Å².